The summed E-state index contributed by atoms with van der Waals surface area (Å²) in [5, 5.41) is 8.81. The van der Waals surface area contributed by atoms with Crippen molar-refractivity contribution < 1.29 is 9.53 Å². The number of nitriles is 1. The first kappa shape index (κ1) is 12.3. The third-order valence-corrected chi connectivity index (χ3v) is 2.50. The van der Waals surface area contributed by atoms with Crippen molar-refractivity contribution in [3.63, 3.8) is 0 Å². The van der Waals surface area contributed by atoms with E-state index in [4.69, 9.17) is 10.00 Å². The van der Waals surface area contributed by atoms with E-state index in [0.29, 0.717) is 5.56 Å². The number of carbonyl (C=O) groups is 1. The van der Waals surface area contributed by atoms with Crippen LogP contribution >= 0.6 is 0 Å². The standard InChI is InChI=1S/C13H15NO2/c1-9(2)12(13(15)16-3)11-6-4-5-10(7-11)8-14/h4-7,9,12H,1-3H3. The van der Waals surface area contributed by atoms with Crippen LogP contribution in [0.15, 0.2) is 24.3 Å². The van der Waals surface area contributed by atoms with Crippen molar-refractivity contribution in [1.29, 1.82) is 5.26 Å². The molecule has 0 amide bonds. The highest BCUT2D eigenvalue weighted by molar-refractivity contribution is 5.78. The third-order valence-electron chi connectivity index (χ3n) is 2.50. The second kappa shape index (κ2) is 5.32. The molecule has 0 fully saturated rings. The number of carbonyl (C=O) groups excluding carboxylic acids is 1. The van der Waals surface area contributed by atoms with Gasteiger partial charge in [0.05, 0.1) is 24.7 Å². The van der Waals surface area contributed by atoms with E-state index in [1.54, 1.807) is 18.2 Å². The van der Waals surface area contributed by atoms with E-state index in [1.807, 2.05) is 19.9 Å². The van der Waals surface area contributed by atoms with Gasteiger partial charge in [-0.05, 0) is 23.6 Å². The largest absolute Gasteiger partial charge is 0.469 e. The molecule has 1 aromatic carbocycles. The predicted molar refractivity (Wildman–Crippen MR) is 60.8 cm³/mol. The molecule has 1 unspecified atom stereocenters. The monoisotopic (exact) mass is 217 g/mol. The molecule has 0 radical (unpaired) electrons. The lowest BCUT2D eigenvalue weighted by molar-refractivity contribution is -0.143. The van der Waals surface area contributed by atoms with E-state index in [1.165, 1.54) is 7.11 Å². The van der Waals surface area contributed by atoms with Crippen molar-refractivity contribution >= 4 is 5.97 Å². The van der Waals surface area contributed by atoms with Crippen LogP contribution < -0.4 is 0 Å². The number of nitrogens with zero attached hydrogens (tertiary/aromatic N) is 1. The van der Waals surface area contributed by atoms with Crippen LogP contribution in [0.4, 0.5) is 0 Å². The summed E-state index contributed by atoms with van der Waals surface area (Å²) < 4.78 is 4.78. The van der Waals surface area contributed by atoms with Gasteiger partial charge in [-0.3, -0.25) is 4.79 Å². The van der Waals surface area contributed by atoms with Gasteiger partial charge in [0, 0.05) is 0 Å². The Balaban J connectivity index is 3.11. The zero-order chi connectivity index (χ0) is 12.1. The summed E-state index contributed by atoms with van der Waals surface area (Å²) in [5.74, 6) is -0.426. The topological polar surface area (TPSA) is 50.1 Å². The summed E-state index contributed by atoms with van der Waals surface area (Å²) in [4.78, 5) is 11.6. The zero-order valence-electron chi connectivity index (χ0n) is 9.73. The maximum absolute atomic E-state index is 11.6. The van der Waals surface area contributed by atoms with Gasteiger partial charge in [-0.25, -0.2) is 0 Å². The Morgan fingerprint density at radius 2 is 2.12 bits per heavy atom. The summed E-state index contributed by atoms with van der Waals surface area (Å²) in [6, 6.07) is 9.16. The van der Waals surface area contributed by atoms with Gasteiger partial charge in [-0.2, -0.15) is 5.26 Å². The van der Waals surface area contributed by atoms with Crippen molar-refractivity contribution in [2.75, 3.05) is 7.11 Å². The predicted octanol–water partition coefficient (Wildman–Crippen LogP) is 2.47. The second-order valence-corrected chi connectivity index (χ2v) is 3.98. The van der Waals surface area contributed by atoms with E-state index in [2.05, 4.69) is 6.07 Å². The highest BCUT2D eigenvalue weighted by atomic mass is 16.5. The number of ether oxygens (including phenoxy) is 1. The normalized spacial score (nSPS) is 11.9. The smallest absolute Gasteiger partial charge is 0.313 e. The molecule has 0 bridgehead atoms. The van der Waals surface area contributed by atoms with Gasteiger partial charge in [0.2, 0.25) is 0 Å². The highest BCUT2D eigenvalue weighted by Crippen LogP contribution is 2.26. The minimum Gasteiger partial charge on any atom is -0.469 e. The molecule has 0 N–H and O–H groups in total. The van der Waals surface area contributed by atoms with Gasteiger partial charge in [-0.1, -0.05) is 26.0 Å². The van der Waals surface area contributed by atoms with E-state index in [0.717, 1.165) is 5.56 Å². The summed E-state index contributed by atoms with van der Waals surface area (Å²) in [5.41, 5.74) is 1.40. The van der Waals surface area contributed by atoms with Crippen LogP contribution in [-0.4, -0.2) is 13.1 Å². The Morgan fingerprint density at radius 3 is 2.62 bits per heavy atom. The Bertz CT molecular complexity index is 418. The minimum absolute atomic E-state index is 0.140. The van der Waals surface area contributed by atoms with Gasteiger partial charge in [0.25, 0.3) is 0 Å². The van der Waals surface area contributed by atoms with Crippen LogP contribution in [0.1, 0.15) is 30.9 Å². The van der Waals surface area contributed by atoms with Crippen molar-refractivity contribution in [3.8, 4) is 6.07 Å². The number of hydrogen-bond acceptors (Lipinski definition) is 3. The molecule has 1 aromatic rings. The molecule has 3 nitrogen and oxygen atoms in total. The first-order valence-electron chi connectivity index (χ1n) is 5.18. The molecule has 0 aliphatic rings. The van der Waals surface area contributed by atoms with Gasteiger partial charge in [0.15, 0.2) is 0 Å². The maximum atomic E-state index is 11.6. The molecule has 16 heavy (non-hydrogen) atoms. The average molecular weight is 217 g/mol. The maximum Gasteiger partial charge on any atom is 0.313 e. The summed E-state index contributed by atoms with van der Waals surface area (Å²) in [7, 11) is 1.38. The zero-order valence-corrected chi connectivity index (χ0v) is 9.73. The number of esters is 1. The lowest BCUT2D eigenvalue weighted by atomic mass is 9.88. The van der Waals surface area contributed by atoms with E-state index < -0.39 is 0 Å². The molecule has 0 saturated carbocycles. The molecule has 0 spiro atoms. The SMILES string of the molecule is COC(=O)C(c1cccc(C#N)c1)C(C)C. The van der Waals surface area contributed by atoms with E-state index >= 15 is 0 Å². The van der Waals surface area contributed by atoms with Crippen molar-refractivity contribution in [1.82, 2.24) is 0 Å². The lowest BCUT2D eigenvalue weighted by Crippen LogP contribution is -2.19. The lowest BCUT2D eigenvalue weighted by Gasteiger charge is -2.18. The Kier molecular flexibility index (Phi) is 4.07. The fourth-order valence-corrected chi connectivity index (χ4v) is 1.72. The number of benzene rings is 1. The summed E-state index contributed by atoms with van der Waals surface area (Å²) >= 11 is 0. The molecular formula is C13H15NO2. The van der Waals surface area contributed by atoms with Crippen LogP contribution in [0.5, 0.6) is 0 Å². The van der Waals surface area contributed by atoms with Crippen LogP contribution in [0.25, 0.3) is 0 Å². The molecule has 0 aliphatic heterocycles. The highest BCUT2D eigenvalue weighted by Gasteiger charge is 2.24. The van der Waals surface area contributed by atoms with Gasteiger partial charge >= 0.3 is 5.97 Å². The molecule has 0 aliphatic carbocycles. The first-order valence-corrected chi connectivity index (χ1v) is 5.18. The van der Waals surface area contributed by atoms with Crippen LogP contribution in [0.2, 0.25) is 0 Å². The molecule has 0 heterocycles. The van der Waals surface area contributed by atoms with Crippen molar-refractivity contribution in [2.45, 2.75) is 19.8 Å². The minimum atomic E-state index is -0.307. The first-order chi connectivity index (χ1) is 7.60. The fourth-order valence-electron chi connectivity index (χ4n) is 1.72. The summed E-state index contributed by atoms with van der Waals surface area (Å²) in [6.45, 7) is 3.92. The molecule has 0 saturated heterocycles. The Hall–Kier alpha value is -1.82. The number of methoxy groups -OCH3 is 1. The molecular weight excluding hydrogens is 202 g/mol. The van der Waals surface area contributed by atoms with Gasteiger partial charge in [-0.15, -0.1) is 0 Å². The summed E-state index contributed by atoms with van der Waals surface area (Å²) in [6.07, 6.45) is 0. The number of rotatable bonds is 3. The van der Waals surface area contributed by atoms with E-state index in [-0.39, 0.29) is 17.8 Å². The molecule has 1 atom stereocenters. The van der Waals surface area contributed by atoms with Crippen LogP contribution in [-0.2, 0) is 9.53 Å². The number of hydrogen-bond donors (Lipinski definition) is 0. The van der Waals surface area contributed by atoms with Crippen molar-refractivity contribution in [2.24, 2.45) is 5.92 Å². The average Bonchev–Trinajstić information content (AvgIpc) is 2.29. The fraction of sp³-hybridized carbons (Fsp3) is 0.385. The second-order valence-electron chi connectivity index (χ2n) is 3.98. The van der Waals surface area contributed by atoms with Crippen molar-refractivity contribution in [3.05, 3.63) is 35.4 Å². The molecule has 0 aromatic heterocycles. The van der Waals surface area contributed by atoms with Gasteiger partial charge < -0.3 is 4.74 Å². The van der Waals surface area contributed by atoms with E-state index in [9.17, 15) is 4.79 Å². The molecule has 1 rings (SSSR count). The molecule has 84 valence electrons. The van der Waals surface area contributed by atoms with Crippen LogP contribution in [0, 0.1) is 17.2 Å². The quantitative estimate of drug-likeness (QED) is 0.731. The van der Waals surface area contributed by atoms with Gasteiger partial charge in [0.1, 0.15) is 0 Å². The third kappa shape index (κ3) is 2.60. The Morgan fingerprint density at radius 1 is 1.44 bits per heavy atom. The Labute approximate surface area is 95.7 Å². The molecule has 3 heteroatoms. The van der Waals surface area contributed by atoms with Crippen LogP contribution in [0.3, 0.4) is 0 Å².